The number of anilines is 1. The summed E-state index contributed by atoms with van der Waals surface area (Å²) < 4.78 is 0. The second-order valence-corrected chi connectivity index (χ2v) is 9.67. The molecule has 1 spiro atoms. The minimum atomic E-state index is -0.882. The monoisotopic (exact) mass is 378 g/mol. The summed E-state index contributed by atoms with van der Waals surface area (Å²) in [6, 6.07) is -0.485. The first-order valence-corrected chi connectivity index (χ1v) is 9.71. The van der Waals surface area contributed by atoms with E-state index in [1.807, 2.05) is 13.8 Å². The highest BCUT2D eigenvalue weighted by Crippen LogP contribution is 2.46. The molecule has 1 aliphatic heterocycles. The van der Waals surface area contributed by atoms with Crippen LogP contribution in [0.15, 0.2) is 0 Å². The summed E-state index contributed by atoms with van der Waals surface area (Å²) in [7, 11) is 0. The van der Waals surface area contributed by atoms with E-state index in [-0.39, 0.29) is 17.9 Å². The molecule has 2 unspecified atom stereocenters. The fraction of sp³-hybridized carbons (Fsp3) is 0.667. The minimum absolute atomic E-state index is 0.0329. The van der Waals surface area contributed by atoms with E-state index < -0.39 is 17.5 Å². The van der Waals surface area contributed by atoms with E-state index in [1.165, 1.54) is 11.3 Å². The van der Waals surface area contributed by atoms with Crippen molar-refractivity contribution in [3.05, 3.63) is 10.6 Å². The molecule has 8 heteroatoms. The van der Waals surface area contributed by atoms with E-state index in [1.54, 1.807) is 0 Å². The molecule has 1 aliphatic carbocycles. The maximum Gasteiger partial charge on any atom is 0.325 e. The lowest BCUT2D eigenvalue weighted by Crippen LogP contribution is -2.54. The molecule has 2 heterocycles. The van der Waals surface area contributed by atoms with Gasteiger partial charge in [0.15, 0.2) is 5.13 Å². The summed E-state index contributed by atoms with van der Waals surface area (Å²) >= 11 is 1.38. The zero-order chi connectivity index (χ0) is 19.3. The Morgan fingerprint density at radius 2 is 2.04 bits per heavy atom. The Morgan fingerprint density at radius 1 is 1.35 bits per heavy atom. The molecule has 0 bridgehead atoms. The number of nitrogens with zero attached hydrogens (tertiary/aromatic N) is 2. The average molecular weight is 378 g/mol. The number of aromatic nitrogens is 1. The molecule has 1 aromatic rings. The number of carbonyl (C=O) groups is 3. The largest absolute Gasteiger partial charge is 0.325 e. The molecule has 1 saturated heterocycles. The van der Waals surface area contributed by atoms with Gasteiger partial charge in [0.25, 0.3) is 5.91 Å². The highest BCUT2D eigenvalue weighted by molar-refractivity contribution is 7.15. The van der Waals surface area contributed by atoms with Gasteiger partial charge in [-0.3, -0.25) is 14.5 Å². The zero-order valence-corrected chi connectivity index (χ0v) is 16.7. The van der Waals surface area contributed by atoms with E-state index in [0.717, 1.165) is 21.9 Å². The molecule has 2 N–H and O–H groups in total. The molecule has 1 aromatic heterocycles. The van der Waals surface area contributed by atoms with Crippen LogP contribution >= 0.6 is 11.3 Å². The van der Waals surface area contributed by atoms with Gasteiger partial charge < -0.3 is 10.6 Å². The molecule has 2 aliphatic rings. The first-order valence-electron chi connectivity index (χ1n) is 8.89. The lowest BCUT2D eigenvalue weighted by atomic mass is 9.64. The Balaban J connectivity index is 1.72. The first kappa shape index (κ1) is 18.8. The molecule has 1 saturated carbocycles. The van der Waals surface area contributed by atoms with Gasteiger partial charge in [-0.25, -0.2) is 9.78 Å². The lowest BCUT2D eigenvalue weighted by Gasteiger charge is -2.43. The number of thiazole rings is 1. The van der Waals surface area contributed by atoms with Crippen LogP contribution in [-0.2, 0) is 9.59 Å². The van der Waals surface area contributed by atoms with Gasteiger partial charge in [0.05, 0.1) is 5.69 Å². The van der Waals surface area contributed by atoms with E-state index in [9.17, 15) is 14.4 Å². The zero-order valence-electron chi connectivity index (χ0n) is 15.9. The normalized spacial score (nSPS) is 27.7. The van der Waals surface area contributed by atoms with Crippen molar-refractivity contribution in [2.45, 2.75) is 59.4 Å². The quantitative estimate of drug-likeness (QED) is 0.791. The average Bonchev–Trinajstić information content (AvgIpc) is 2.88. The van der Waals surface area contributed by atoms with Crippen molar-refractivity contribution in [1.29, 1.82) is 0 Å². The van der Waals surface area contributed by atoms with Crippen molar-refractivity contribution in [3.63, 3.8) is 0 Å². The van der Waals surface area contributed by atoms with Crippen molar-refractivity contribution < 1.29 is 14.4 Å². The number of rotatable bonds is 3. The molecule has 0 aromatic carbocycles. The number of aryl methyl sites for hydroxylation is 2. The van der Waals surface area contributed by atoms with Crippen LogP contribution in [0.25, 0.3) is 0 Å². The van der Waals surface area contributed by atoms with E-state index >= 15 is 0 Å². The SMILES string of the molecule is Cc1nc(NC(=O)CN2C(=O)NC3(CC(C)CC(C)(C)C3)C2=O)sc1C. The number of nitrogens with one attached hydrogen (secondary N) is 2. The van der Waals surface area contributed by atoms with Gasteiger partial charge in [0, 0.05) is 4.88 Å². The predicted molar refractivity (Wildman–Crippen MR) is 100.0 cm³/mol. The summed E-state index contributed by atoms with van der Waals surface area (Å²) in [5.74, 6) is -0.371. The fourth-order valence-corrected chi connectivity index (χ4v) is 5.31. The smallest absolute Gasteiger partial charge is 0.323 e. The molecular formula is C18H26N4O3S. The van der Waals surface area contributed by atoms with Crippen LogP contribution in [0.1, 0.15) is 50.6 Å². The van der Waals surface area contributed by atoms with Crippen LogP contribution in [0.2, 0.25) is 0 Å². The molecule has 26 heavy (non-hydrogen) atoms. The summed E-state index contributed by atoms with van der Waals surface area (Å²) in [6.07, 6.45) is 2.23. The summed E-state index contributed by atoms with van der Waals surface area (Å²) in [6.45, 7) is 9.84. The Morgan fingerprint density at radius 3 is 2.62 bits per heavy atom. The van der Waals surface area contributed by atoms with Gasteiger partial charge in [-0.05, 0) is 44.4 Å². The van der Waals surface area contributed by atoms with Crippen LogP contribution in [0.3, 0.4) is 0 Å². The van der Waals surface area contributed by atoms with Crippen molar-refractivity contribution in [3.8, 4) is 0 Å². The number of hydrogen-bond donors (Lipinski definition) is 2. The van der Waals surface area contributed by atoms with E-state index in [0.29, 0.717) is 23.9 Å². The molecule has 142 valence electrons. The number of urea groups is 1. The third kappa shape index (κ3) is 3.47. The Hall–Kier alpha value is -1.96. The van der Waals surface area contributed by atoms with Crippen molar-refractivity contribution >= 4 is 34.3 Å². The molecule has 3 rings (SSSR count). The molecule has 2 fully saturated rings. The highest BCUT2D eigenvalue weighted by Gasteiger charge is 2.56. The van der Waals surface area contributed by atoms with Crippen LogP contribution in [-0.4, -0.2) is 39.8 Å². The van der Waals surface area contributed by atoms with Gasteiger partial charge in [0.2, 0.25) is 5.91 Å². The third-order valence-corrected chi connectivity index (χ3v) is 6.19. The van der Waals surface area contributed by atoms with Crippen molar-refractivity contribution in [1.82, 2.24) is 15.2 Å². The standard InChI is InChI=1S/C18H26N4O3S/c1-10-6-17(4,5)9-18(7-10)14(24)22(16(25)21-18)8-13(23)20-15-19-11(2)12(3)26-15/h10H,6-9H2,1-5H3,(H,21,25)(H,19,20,23). The Labute approximate surface area is 157 Å². The third-order valence-electron chi connectivity index (χ3n) is 5.20. The van der Waals surface area contributed by atoms with E-state index in [4.69, 9.17) is 0 Å². The topological polar surface area (TPSA) is 91.4 Å². The molecule has 7 nitrogen and oxygen atoms in total. The number of carbonyl (C=O) groups excluding carboxylic acids is 3. The number of hydrogen-bond acceptors (Lipinski definition) is 5. The van der Waals surface area contributed by atoms with E-state index in [2.05, 4.69) is 36.4 Å². The van der Waals surface area contributed by atoms with Crippen LogP contribution < -0.4 is 10.6 Å². The second-order valence-electron chi connectivity index (χ2n) is 8.47. The highest BCUT2D eigenvalue weighted by atomic mass is 32.1. The summed E-state index contributed by atoms with van der Waals surface area (Å²) in [5.41, 5.74) is -0.0560. The minimum Gasteiger partial charge on any atom is -0.323 e. The summed E-state index contributed by atoms with van der Waals surface area (Å²) in [4.78, 5) is 44.1. The summed E-state index contributed by atoms with van der Waals surface area (Å²) in [5, 5.41) is 6.05. The lowest BCUT2D eigenvalue weighted by molar-refractivity contribution is -0.136. The molecule has 0 radical (unpaired) electrons. The number of amides is 4. The predicted octanol–water partition coefficient (Wildman–Crippen LogP) is 2.84. The van der Waals surface area contributed by atoms with Gasteiger partial charge in [-0.15, -0.1) is 11.3 Å². The second kappa shape index (κ2) is 6.33. The maximum atomic E-state index is 13.0. The Kier molecular flexibility index (Phi) is 4.58. The van der Waals surface area contributed by atoms with Gasteiger partial charge in [-0.1, -0.05) is 20.8 Å². The van der Waals surface area contributed by atoms with Crippen LogP contribution in [0.4, 0.5) is 9.93 Å². The van der Waals surface area contributed by atoms with Crippen LogP contribution in [0, 0.1) is 25.2 Å². The molecular weight excluding hydrogens is 352 g/mol. The Bertz CT molecular complexity index is 753. The van der Waals surface area contributed by atoms with Gasteiger partial charge >= 0.3 is 6.03 Å². The van der Waals surface area contributed by atoms with Crippen molar-refractivity contribution in [2.24, 2.45) is 11.3 Å². The fourth-order valence-electron chi connectivity index (χ4n) is 4.48. The van der Waals surface area contributed by atoms with Gasteiger partial charge in [0.1, 0.15) is 12.1 Å². The number of imide groups is 1. The molecule has 4 amide bonds. The molecule has 2 atom stereocenters. The van der Waals surface area contributed by atoms with Crippen molar-refractivity contribution in [2.75, 3.05) is 11.9 Å². The maximum absolute atomic E-state index is 13.0. The van der Waals surface area contributed by atoms with Crippen LogP contribution in [0.5, 0.6) is 0 Å². The van der Waals surface area contributed by atoms with Gasteiger partial charge in [-0.2, -0.15) is 0 Å². The first-order chi connectivity index (χ1) is 12.0.